The number of amides is 1. The molecule has 0 aliphatic heterocycles. The van der Waals surface area contributed by atoms with E-state index in [-0.39, 0.29) is 11.8 Å². The van der Waals surface area contributed by atoms with Gasteiger partial charge in [-0.1, -0.05) is 12.1 Å². The zero-order chi connectivity index (χ0) is 10.8. The Balaban J connectivity index is 2.14. The van der Waals surface area contributed by atoms with Crippen LogP contribution in [0.4, 0.5) is 5.69 Å². The molecular formula is C12H16N2O. The van der Waals surface area contributed by atoms with Crippen LogP contribution in [0.3, 0.4) is 0 Å². The minimum Gasteiger partial charge on any atom is -0.326 e. The predicted octanol–water partition coefficient (Wildman–Crippen LogP) is 1.80. The molecule has 1 aromatic rings. The Kier molecular flexibility index (Phi) is 2.73. The van der Waals surface area contributed by atoms with E-state index < -0.39 is 0 Å². The maximum absolute atomic E-state index is 11.6. The third-order valence-electron chi connectivity index (χ3n) is 2.74. The third-order valence-corrected chi connectivity index (χ3v) is 2.74. The van der Waals surface area contributed by atoms with Crippen LogP contribution in [0.5, 0.6) is 0 Å². The number of nitrogens with one attached hydrogen (secondary N) is 1. The number of hydrogen-bond acceptors (Lipinski definition) is 2. The summed E-state index contributed by atoms with van der Waals surface area (Å²) in [5, 5.41) is 2.95. The highest BCUT2D eigenvalue weighted by Gasteiger charge is 2.29. The van der Waals surface area contributed by atoms with E-state index in [1.807, 2.05) is 25.1 Å². The molecule has 0 unspecified atom stereocenters. The molecule has 1 amide bonds. The molecule has 0 aromatic heterocycles. The van der Waals surface area contributed by atoms with Crippen LogP contribution in [0.2, 0.25) is 0 Å². The van der Waals surface area contributed by atoms with E-state index in [4.69, 9.17) is 5.73 Å². The SMILES string of the molecule is Cc1ccc(CN)cc1NC(=O)C1CC1. The van der Waals surface area contributed by atoms with Gasteiger partial charge in [-0.3, -0.25) is 4.79 Å². The van der Waals surface area contributed by atoms with E-state index in [2.05, 4.69) is 5.32 Å². The number of rotatable bonds is 3. The summed E-state index contributed by atoms with van der Waals surface area (Å²) in [6.07, 6.45) is 2.06. The smallest absolute Gasteiger partial charge is 0.227 e. The number of anilines is 1. The van der Waals surface area contributed by atoms with Crippen molar-refractivity contribution in [2.75, 3.05) is 5.32 Å². The van der Waals surface area contributed by atoms with Crippen molar-refractivity contribution < 1.29 is 4.79 Å². The summed E-state index contributed by atoms with van der Waals surface area (Å²) in [6, 6.07) is 5.93. The topological polar surface area (TPSA) is 55.1 Å². The summed E-state index contributed by atoms with van der Waals surface area (Å²) < 4.78 is 0. The van der Waals surface area contributed by atoms with Gasteiger partial charge >= 0.3 is 0 Å². The molecule has 1 fully saturated rings. The molecule has 15 heavy (non-hydrogen) atoms. The largest absolute Gasteiger partial charge is 0.326 e. The second kappa shape index (κ2) is 4.03. The molecule has 0 bridgehead atoms. The van der Waals surface area contributed by atoms with E-state index in [0.29, 0.717) is 6.54 Å². The fourth-order valence-corrected chi connectivity index (χ4v) is 1.51. The first kappa shape index (κ1) is 10.2. The van der Waals surface area contributed by atoms with Crippen LogP contribution in [0.25, 0.3) is 0 Å². The molecule has 1 saturated carbocycles. The molecular weight excluding hydrogens is 188 g/mol. The predicted molar refractivity (Wildman–Crippen MR) is 60.4 cm³/mol. The molecule has 0 heterocycles. The van der Waals surface area contributed by atoms with Gasteiger partial charge in [0.05, 0.1) is 0 Å². The van der Waals surface area contributed by atoms with Crippen molar-refractivity contribution in [1.82, 2.24) is 0 Å². The van der Waals surface area contributed by atoms with E-state index in [9.17, 15) is 4.79 Å². The van der Waals surface area contributed by atoms with Crippen LogP contribution in [0.15, 0.2) is 18.2 Å². The van der Waals surface area contributed by atoms with Crippen LogP contribution in [-0.4, -0.2) is 5.91 Å². The van der Waals surface area contributed by atoms with Crippen LogP contribution < -0.4 is 11.1 Å². The standard InChI is InChI=1S/C12H16N2O/c1-8-2-3-9(7-13)6-11(8)14-12(15)10-4-5-10/h2-3,6,10H,4-5,7,13H2,1H3,(H,14,15). The van der Waals surface area contributed by atoms with Gasteiger partial charge in [-0.2, -0.15) is 0 Å². The lowest BCUT2D eigenvalue weighted by atomic mass is 10.1. The lowest BCUT2D eigenvalue weighted by Crippen LogP contribution is -2.14. The number of aryl methyl sites for hydroxylation is 1. The molecule has 1 aliphatic rings. The first-order valence-electron chi connectivity index (χ1n) is 5.31. The van der Waals surface area contributed by atoms with Crippen molar-refractivity contribution in [3.8, 4) is 0 Å². The molecule has 3 N–H and O–H groups in total. The number of hydrogen-bond donors (Lipinski definition) is 2. The lowest BCUT2D eigenvalue weighted by Gasteiger charge is -2.09. The van der Waals surface area contributed by atoms with Crippen molar-refractivity contribution in [1.29, 1.82) is 0 Å². The molecule has 1 aliphatic carbocycles. The Labute approximate surface area is 89.7 Å². The summed E-state index contributed by atoms with van der Waals surface area (Å²) in [4.78, 5) is 11.6. The van der Waals surface area contributed by atoms with Gasteiger partial charge in [0.2, 0.25) is 5.91 Å². The van der Waals surface area contributed by atoms with Crippen molar-refractivity contribution >= 4 is 11.6 Å². The van der Waals surface area contributed by atoms with Gasteiger partial charge in [-0.25, -0.2) is 0 Å². The zero-order valence-corrected chi connectivity index (χ0v) is 8.92. The van der Waals surface area contributed by atoms with E-state index in [1.165, 1.54) is 0 Å². The highest BCUT2D eigenvalue weighted by molar-refractivity contribution is 5.94. The Morgan fingerprint density at radius 1 is 1.53 bits per heavy atom. The van der Waals surface area contributed by atoms with Gasteiger partial charge in [0, 0.05) is 18.2 Å². The Morgan fingerprint density at radius 2 is 2.27 bits per heavy atom. The van der Waals surface area contributed by atoms with Crippen LogP contribution in [0.1, 0.15) is 24.0 Å². The van der Waals surface area contributed by atoms with Crippen LogP contribution >= 0.6 is 0 Å². The Hall–Kier alpha value is -1.35. The molecule has 0 atom stereocenters. The van der Waals surface area contributed by atoms with E-state index in [0.717, 1.165) is 29.7 Å². The molecule has 2 rings (SSSR count). The molecule has 0 radical (unpaired) electrons. The van der Waals surface area contributed by atoms with Crippen LogP contribution in [0, 0.1) is 12.8 Å². The molecule has 0 spiro atoms. The Bertz CT molecular complexity index is 383. The van der Waals surface area contributed by atoms with Gasteiger partial charge < -0.3 is 11.1 Å². The van der Waals surface area contributed by atoms with Crippen molar-refractivity contribution in [2.24, 2.45) is 11.7 Å². The number of carbonyl (C=O) groups is 1. The maximum atomic E-state index is 11.6. The fraction of sp³-hybridized carbons (Fsp3) is 0.417. The number of nitrogens with two attached hydrogens (primary N) is 1. The first-order valence-corrected chi connectivity index (χ1v) is 5.31. The monoisotopic (exact) mass is 204 g/mol. The second-order valence-electron chi connectivity index (χ2n) is 4.12. The molecule has 1 aromatic carbocycles. The van der Waals surface area contributed by atoms with Gasteiger partial charge in [0.25, 0.3) is 0 Å². The summed E-state index contributed by atoms with van der Waals surface area (Å²) in [5.41, 5.74) is 8.59. The van der Waals surface area contributed by atoms with Crippen LogP contribution in [-0.2, 0) is 11.3 Å². The van der Waals surface area contributed by atoms with Gasteiger partial charge in [-0.15, -0.1) is 0 Å². The zero-order valence-electron chi connectivity index (χ0n) is 8.92. The highest BCUT2D eigenvalue weighted by atomic mass is 16.2. The Morgan fingerprint density at radius 3 is 2.87 bits per heavy atom. The fourth-order valence-electron chi connectivity index (χ4n) is 1.51. The van der Waals surface area contributed by atoms with E-state index >= 15 is 0 Å². The lowest BCUT2D eigenvalue weighted by molar-refractivity contribution is -0.117. The van der Waals surface area contributed by atoms with Crippen molar-refractivity contribution in [3.63, 3.8) is 0 Å². The summed E-state index contributed by atoms with van der Waals surface area (Å²) in [6.45, 7) is 2.50. The quantitative estimate of drug-likeness (QED) is 0.788. The van der Waals surface area contributed by atoms with Gasteiger partial charge in [0.1, 0.15) is 0 Å². The highest BCUT2D eigenvalue weighted by Crippen LogP contribution is 2.30. The van der Waals surface area contributed by atoms with Crippen molar-refractivity contribution in [2.45, 2.75) is 26.3 Å². The van der Waals surface area contributed by atoms with Gasteiger partial charge in [0.15, 0.2) is 0 Å². The first-order chi connectivity index (χ1) is 7.20. The number of carbonyl (C=O) groups excluding carboxylic acids is 1. The maximum Gasteiger partial charge on any atom is 0.227 e. The second-order valence-corrected chi connectivity index (χ2v) is 4.12. The molecule has 3 nitrogen and oxygen atoms in total. The normalized spacial score (nSPS) is 15.1. The van der Waals surface area contributed by atoms with Crippen molar-refractivity contribution in [3.05, 3.63) is 29.3 Å². The molecule has 80 valence electrons. The minimum absolute atomic E-state index is 0.146. The summed E-state index contributed by atoms with van der Waals surface area (Å²) >= 11 is 0. The van der Waals surface area contributed by atoms with Gasteiger partial charge in [-0.05, 0) is 37.0 Å². The molecule has 0 saturated heterocycles. The average Bonchev–Trinajstić information content (AvgIpc) is 3.04. The van der Waals surface area contributed by atoms with E-state index in [1.54, 1.807) is 0 Å². The average molecular weight is 204 g/mol. The minimum atomic E-state index is 0.146. The summed E-state index contributed by atoms with van der Waals surface area (Å²) in [7, 11) is 0. The molecule has 3 heteroatoms. The third kappa shape index (κ3) is 2.36. The summed E-state index contributed by atoms with van der Waals surface area (Å²) in [5.74, 6) is 0.387. The number of benzene rings is 1.